The summed E-state index contributed by atoms with van der Waals surface area (Å²) in [5, 5.41) is 137. The van der Waals surface area contributed by atoms with Gasteiger partial charge >= 0.3 is 5.97 Å². The molecule has 113 heavy (non-hydrogen) atoms. The summed E-state index contributed by atoms with van der Waals surface area (Å²) < 4.78 is 35.1. The standard InChI is InChI=1S/C90H170N2O21/c1-4-6-8-10-12-14-16-18-20-22-24-26-27-28-29-30-31-32-33-34-35-36-37-38-39-40-41-42-43-44-46-48-50-52-54-56-58-60-62-64-77(100)92-71(72(97)63-61-59-57-55-53-51-49-47-45-25-23-21-19-17-15-13-11-9-7-5-2)69-108-87-82(104)81(103)84(76(68-95)110-87)111-88-83(105)86(80(102)75(67-94)109-88)113-90(89(106)107)65-73(98)78(91-70(3)96)85(112-90)79(101)74(99)66-93/h34-35,71-76,78-88,93-95,97-99,101-105H,4-33,36-69H2,1-3H3,(H,91,96)(H,92,100)(H,106,107)/b35-34-. The van der Waals surface area contributed by atoms with Crippen LogP contribution in [0.5, 0.6) is 0 Å². The van der Waals surface area contributed by atoms with Gasteiger partial charge in [0.2, 0.25) is 11.8 Å². The van der Waals surface area contributed by atoms with Crippen molar-refractivity contribution in [3.05, 3.63) is 12.2 Å². The van der Waals surface area contributed by atoms with E-state index in [1.54, 1.807) is 0 Å². The Morgan fingerprint density at radius 2 is 0.823 bits per heavy atom. The summed E-state index contributed by atoms with van der Waals surface area (Å²) in [5.74, 6) is -6.09. The van der Waals surface area contributed by atoms with Gasteiger partial charge in [0.25, 0.3) is 5.79 Å². The third-order valence-electron chi connectivity index (χ3n) is 23.7. The molecule has 0 radical (unpaired) electrons. The van der Waals surface area contributed by atoms with Crippen molar-refractivity contribution >= 4 is 17.8 Å². The maximum absolute atomic E-state index is 13.6. The van der Waals surface area contributed by atoms with Crippen LogP contribution in [0.1, 0.15) is 406 Å². The first-order chi connectivity index (χ1) is 54.9. The van der Waals surface area contributed by atoms with Crippen LogP contribution in [0.4, 0.5) is 0 Å². The number of unbranched alkanes of at least 4 members (excludes halogenated alkanes) is 54. The molecule has 3 rings (SSSR count). The van der Waals surface area contributed by atoms with Crippen molar-refractivity contribution in [2.75, 3.05) is 26.4 Å². The Balaban J connectivity index is 1.39. The van der Waals surface area contributed by atoms with E-state index in [0.29, 0.717) is 19.3 Å². The van der Waals surface area contributed by atoms with Crippen LogP contribution in [0, 0.1) is 0 Å². The van der Waals surface area contributed by atoms with Gasteiger partial charge in [0.1, 0.15) is 67.1 Å². The molecular weight excluding hydrogens is 1440 g/mol. The SMILES string of the molecule is CCCCCCCCCCCCCCCCCCCC/C=C\CCCCCCCCCCCCCCCCCCCC(=O)NC(COC1OC(CO)C(OC2OC(CO)C(O)C(OC3(C(=O)O)CC(O)C(NC(C)=O)C(C(O)C(O)CO)O3)C2O)C(O)C1O)C(O)CCCCCCCCCCCCCCCCCCCCCC. The summed E-state index contributed by atoms with van der Waals surface area (Å²) in [7, 11) is 0. The smallest absolute Gasteiger partial charge is 0.364 e. The quantitative estimate of drug-likeness (QED) is 0.0199. The van der Waals surface area contributed by atoms with Gasteiger partial charge in [0.15, 0.2) is 12.6 Å². The number of nitrogens with one attached hydrogen (secondary N) is 2. The Hall–Kier alpha value is -2.53. The summed E-state index contributed by atoms with van der Waals surface area (Å²) in [5.41, 5.74) is 0. The van der Waals surface area contributed by atoms with Crippen LogP contribution < -0.4 is 10.6 Å². The predicted octanol–water partition coefficient (Wildman–Crippen LogP) is 15.3. The molecule has 18 atom stereocenters. The van der Waals surface area contributed by atoms with E-state index in [1.807, 2.05) is 0 Å². The van der Waals surface area contributed by atoms with Crippen LogP contribution in [0.2, 0.25) is 0 Å². The summed E-state index contributed by atoms with van der Waals surface area (Å²) in [4.78, 5) is 38.8. The number of carbonyl (C=O) groups is 3. The number of rotatable bonds is 76. The van der Waals surface area contributed by atoms with E-state index < -0.39 is 148 Å². The summed E-state index contributed by atoms with van der Waals surface area (Å²) in [6, 6.07) is -2.53. The van der Waals surface area contributed by atoms with Gasteiger partial charge < -0.3 is 100 Å². The Bertz CT molecular complexity index is 2280. The molecule has 0 bridgehead atoms. The number of carboxylic acids is 1. The number of aliphatic carboxylic acids is 1. The molecule has 666 valence electrons. The third-order valence-corrected chi connectivity index (χ3v) is 23.7. The van der Waals surface area contributed by atoms with Gasteiger partial charge in [-0.15, -0.1) is 0 Å². The largest absolute Gasteiger partial charge is 0.477 e. The van der Waals surface area contributed by atoms with Crippen molar-refractivity contribution < 1.29 is 104 Å². The Morgan fingerprint density at radius 3 is 1.19 bits per heavy atom. The normalized spacial score (nSPS) is 25.2. The van der Waals surface area contributed by atoms with Gasteiger partial charge in [-0.05, 0) is 38.5 Å². The highest BCUT2D eigenvalue weighted by Gasteiger charge is 2.60. The zero-order chi connectivity index (χ0) is 82.4. The van der Waals surface area contributed by atoms with Crippen LogP contribution in [0.25, 0.3) is 0 Å². The summed E-state index contributed by atoms with van der Waals surface area (Å²) in [6.07, 6.45) is 49.5. The first kappa shape index (κ1) is 105. The minimum Gasteiger partial charge on any atom is -0.477 e. The van der Waals surface area contributed by atoms with Crippen molar-refractivity contribution in [1.29, 1.82) is 0 Å². The lowest BCUT2D eigenvalue weighted by Gasteiger charge is -2.50. The van der Waals surface area contributed by atoms with E-state index in [0.717, 1.165) is 58.3 Å². The van der Waals surface area contributed by atoms with Crippen molar-refractivity contribution in [2.45, 2.75) is 516 Å². The van der Waals surface area contributed by atoms with E-state index >= 15 is 0 Å². The average molecular weight is 1620 g/mol. The van der Waals surface area contributed by atoms with E-state index in [4.69, 9.17) is 28.4 Å². The highest BCUT2D eigenvalue weighted by molar-refractivity contribution is 5.77. The minimum absolute atomic E-state index is 0.228. The molecule has 3 heterocycles. The summed E-state index contributed by atoms with van der Waals surface area (Å²) >= 11 is 0. The number of hydrogen-bond donors (Lipinski definition) is 14. The third kappa shape index (κ3) is 46.7. The molecule has 3 saturated heterocycles. The molecule has 3 aliphatic rings. The maximum atomic E-state index is 13.6. The first-order valence-corrected chi connectivity index (χ1v) is 46.5. The Morgan fingerprint density at radius 1 is 0.451 bits per heavy atom. The Kier molecular flexibility index (Phi) is 63.1. The van der Waals surface area contributed by atoms with E-state index in [-0.39, 0.29) is 18.9 Å². The number of aliphatic hydroxyl groups is 11. The van der Waals surface area contributed by atoms with E-state index in [1.165, 1.54) is 302 Å². The molecule has 0 aliphatic carbocycles. The second-order valence-corrected chi connectivity index (χ2v) is 33.9. The minimum atomic E-state index is -3.08. The van der Waals surface area contributed by atoms with E-state index in [2.05, 4.69) is 36.6 Å². The van der Waals surface area contributed by atoms with Crippen molar-refractivity contribution in [1.82, 2.24) is 10.6 Å². The number of carboxylic acid groups (broad SMARTS) is 1. The number of aliphatic hydroxyl groups excluding tert-OH is 11. The van der Waals surface area contributed by atoms with Crippen LogP contribution in [0.3, 0.4) is 0 Å². The second kappa shape index (κ2) is 68.2. The molecule has 3 aliphatic heterocycles. The van der Waals surface area contributed by atoms with Crippen LogP contribution >= 0.6 is 0 Å². The van der Waals surface area contributed by atoms with Crippen LogP contribution in [-0.2, 0) is 42.8 Å². The molecule has 23 nitrogen and oxygen atoms in total. The molecule has 0 aromatic carbocycles. The van der Waals surface area contributed by atoms with Crippen molar-refractivity contribution in [2.24, 2.45) is 0 Å². The highest BCUT2D eigenvalue weighted by atomic mass is 16.8. The fraction of sp³-hybridized carbons (Fsp3) is 0.944. The number of carbonyl (C=O) groups excluding carboxylic acids is 2. The zero-order valence-electron chi connectivity index (χ0n) is 71.3. The van der Waals surface area contributed by atoms with Crippen LogP contribution in [0.15, 0.2) is 12.2 Å². The lowest BCUT2D eigenvalue weighted by molar-refractivity contribution is -0.386. The van der Waals surface area contributed by atoms with Gasteiger partial charge in [-0.3, -0.25) is 9.59 Å². The fourth-order valence-corrected chi connectivity index (χ4v) is 16.4. The maximum Gasteiger partial charge on any atom is 0.364 e. The van der Waals surface area contributed by atoms with Gasteiger partial charge in [0.05, 0.1) is 50.7 Å². The lowest BCUT2D eigenvalue weighted by Crippen LogP contribution is -2.70. The van der Waals surface area contributed by atoms with Gasteiger partial charge in [-0.25, -0.2) is 4.79 Å². The number of ether oxygens (including phenoxy) is 6. The lowest BCUT2D eigenvalue weighted by atomic mass is 9.88. The molecule has 0 aromatic heterocycles. The molecule has 2 amide bonds. The highest BCUT2D eigenvalue weighted by Crippen LogP contribution is 2.39. The topological polar surface area (TPSA) is 373 Å². The fourth-order valence-electron chi connectivity index (χ4n) is 16.4. The molecule has 18 unspecified atom stereocenters. The molecule has 3 fully saturated rings. The second-order valence-electron chi connectivity index (χ2n) is 33.9. The summed E-state index contributed by atoms with van der Waals surface area (Å²) in [6.45, 7) is 2.29. The molecular formula is C90H170N2O21. The number of amides is 2. The molecule has 0 aromatic rings. The van der Waals surface area contributed by atoms with Gasteiger partial charge in [-0.2, -0.15) is 0 Å². The monoisotopic (exact) mass is 1620 g/mol. The Labute approximate surface area is 683 Å². The average Bonchev–Trinajstić information content (AvgIpc) is 0.755. The zero-order valence-corrected chi connectivity index (χ0v) is 71.3. The van der Waals surface area contributed by atoms with Crippen molar-refractivity contribution in [3.63, 3.8) is 0 Å². The number of hydrogen-bond acceptors (Lipinski definition) is 20. The molecule has 0 spiro atoms. The molecule has 0 saturated carbocycles. The van der Waals surface area contributed by atoms with Gasteiger partial charge in [0, 0.05) is 19.8 Å². The molecule has 23 heteroatoms. The number of allylic oxidation sites excluding steroid dienone is 2. The molecule has 14 N–H and O–H groups in total. The van der Waals surface area contributed by atoms with Crippen LogP contribution in [-0.4, -0.2) is 215 Å². The first-order valence-electron chi connectivity index (χ1n) is 46.5. The van der Waals surface area contributed by atoms with Gasteiger partial charge in [-0.1, -0.05) is 360 Å². The van der Waals surface area contributed by atoms with E-state index in [9.17, 15) is 75.7 Å². The van der Waals surface area contributed by atoms with Crippen molar-refractivity contribution in [3.8, 4) is 0 Å². The predicted molar refractivity (Wildman–Crippen MR) is 445 cm³/mol.